The maximum Gasteiger partial charge on any atom is 0.220 e. The van der Waals surface area contributed by atoms with Crippen molar-refractivity contribution in [1.82, 2.24) is 5.32 Å². The SMILES string of the molecule is COc1ccc(CCC(=O)NCCOc2ccc(OC)cc2)cc1. The Labute approximate surface area is 142 Å². The Morgan fingerprint density at radius 2 is 1.42 bits per heavy atom. The summed E-state index contributed by atoms with van der Waals surface area (Å²) in [5, 5.41) is 2.85. The highest BCUT2D eigenvalue weighted by Gasteiger charge is 2.03. The summed E-state index contributed by atoms with van der Waals surface area (Å²) in [6.45, 7) is 0.911. The zero-order valence-corrected chi connectivity index (χ0v) is 14.1. The van der Waals surface area contributed by atoms with E-state index in [9.17, 15) is 4.79 Å². The van der Waals surface area contributed by atoms with Crippen LogP contribution in [0.4, 0.5) is 0 Å². The van der Waals surface area contributed by atoms with Crippen LogP contribution in [0, 0.1) is 0 Å². The monoisotopic (exact) mass is 329 g/mol. The summed E-state index contributed by atoms with van der Waals surface area (Å²) in [6, 6.07) is 15.1. The lowest BCUT2D eigenvalue weighted by molar-refractivity contribution is -0.121. The van der Waals surface area contributed by atoms with Gasteiger partial charge in [0.25, 0.3) is 0 Å². The van der Waals surface area contributed by atoms with Crippen LogP contribution in [0.15, 0.2) is 48.5 Å². The second-order valence-electron chi connectivity index (χ2n) is 5.22. The second kappa shape index (κ2) is 9.45. The highest BCUT2D eigenvalue weighted by atomic mass is 16.5. The van der Waals surface area contributed by atoms with Gasteiger partial charge in [-0.2, -0.15) is 0 Å². The van der Waals surface area contributed by atoms with E-state index in [-0.39, 0.29) is 5.91 Å². The first-order valence-electron chi connectivity index (χ1n) is 7.88. The van der Waals surface area contributed by atoms with Crippen molar-refractivity contribution >= 4 is 5.91 Å². The molecule has 0 aromatic heterocycles. The van der Waals surface area contributed by atoms with E-state index in [2.05, 4.69) is 5.32 Å². The smallest absolute Gasteiger partial charge is 0.220 e. The highest BCUT2D eigenvalue weighted by Crippen LogP contribution is 2.16. The number of amides is 1. The van der Waals surface area contributed by atoms with Crippen molar-refractivity contribution in [2.45, 2.75) is 12.8 Å². The Kier molecular flexibility index (Phi) is 6.95. The molecule has 0 radical (unpaired) electrons. The molecule has 0 aliphatic rings. The lowest BCUT2D eigenvalue weighted by Crippen LogP contribution is -2.28. The Balaban J connectivity index is 1.62. The standard InChI is InChI=1S/C19H23NO4/c1-22-16-6-3-15(4-7-16)5-12-19(21)20-13-14-24-18-10-8-17(23-2)9-11-18/h3-4,6-11H,5,12-14H2,1-2H3,(H,20,21). The van der Waals surface area contributed by atoms with E-state index in [1.807, 2.05) is 48.5 Å². The first-order valence-corrected chi connectivity index (χ1v) is 7.88. The van der Waals surface area contributed by atoms with Gasteiger partial charge < -0.3 is 19.5 Å². The van der Waals surface area contributed by atoms with E-state index in [4.69, 9.17) is 14.2 Å². The molecule has 0 unspecified atom stereocenters. The lowest BCUT2D eigenvalue weighted by atomic mass is 10.1. The number of hydrogen-bond donors (Lipinski definition) is 1. The predicted octanol–water partition coefficient (Wildman–Crippen LogP) is 2.83. The molecule has 5 nitrogen and oxygen atoms in total. The third-order valence-corrected chi connectivity index (χ3v) is 3.55. The number of aryl methyl sites for hydroxylation is 1. The van der Waals surface area contributed by atoms with Crippen LogP contribution in [0.5, 0.6) is 17.2 Å². The molecule has 1 amide bonds. The van der Waals surface area contributed by atoms with Crippen molar-refractivity contribution in [1.29, 1.82) is 0 Å². The van der Waals surface area contributed by atoms with Gasteiger partial charge in [0.2, 0.25) is 5.91 Å². The molecule has 128 valence electrons. The average molecular weight is 329 g/mol. The fraction of sp³-hybridized carbons (Fsp3) is 0.316. The minimum atomic E-state index is 0.0177. The molecule has 0 fully saturated rings. The van der Waals surface area contributed by atoms with Gasteiger partial charge in [0.1, 0.15) is 23.9 Å². The number of methoxy groups -OCH3 is 2. The summed E-state index contributed by atoms with van der Waals surface area (Å²) in [6.07, 6.45) is 1.16. The molecular formula is C19H23NO4. The molecule has 0 aliphatic heterocycles. The first kappa shape index (κ1) is 17.7. The molecule has 0 heterocycles. The van der Waals surface area contributed by atoms with Crippen LogP contribution in [-0.2, 0) is 11.2 Å². The largest absolute Gasteiger partial charge is 0.497 e. The van der Waals surface area contributed by atoms with Crippen molar-refractivity contribution in [3.8, 4) is 17.2 Å². The molecule has 0 saturated heterocycles. The average Bonchev–Trinajstić information content (AvgIpc) is 2.64. The summed E-state index contributed by atoms with van der Waals surface area (Å²) in [5.74, 6) is 2.38. The Morgan fingerprint density at radius 3 is 2.00 bits per heavy atom. The molecule has 0 spiro atoms. The summed E-state index contributed by atoms with van der Waals surface area (Å²) in [4.78, 5) is 11.8. The Bertz CT molecular complexity index is 623. The first-order chi connectivity index (χ1) is 11.7. The van der Waals surface area contributed by atoms with Crippen molar-refractivity contribution in [2.75, 3.05) is 27.4 Å². The number of nitrogens with one attached hydrogen (secondary N) is 1. The van der Waals surface area contributed by atoms with Gasteiger partial charge in [-0.3, -0.25) is 4.79 Å². The van der Waals surface area contributed by atoms with Crippen molar-refractivity contribution < 1.29 is 19.0 Å². The number of carbonyl (C=O) groups is 1. The third-order valence-electron chi connectivity index (χ3n) is 3.55. The molecule has 2 aromatic rings. The van der Waals surface area contributed by atoms with E-state index >= 15 is 0 Å². The maximum atomic E-state index is 11.8. The second-order valence-corrected chi connectivity index (χ2v) is 5.22. The van der Waals surface area contributed by atoms with Gasteiger partial charge in [0, 0.05) is 6.42 Å². The van der Waals surface area contributed by atoms with Crippen LogP contribution in [0.25, 0.3) is 0 Å². The van der Waals surface area contributed by atoms with Crippen LogP contribution in [0.3, 0.4) is 0 Å². The number of rotatable bonds is 9. The molecule has 2 rings (SSSR count). The van der Waals surface area contributed by atoms with Gasteiger partial charge in [0.05, 0.1) is 20.8 Å². The molecular weight excluding hydrogens is 306 g/mol. The fourth-order valence-electron chi connectivity index (χ4n) is 2.17. The quantitative estimate of drug-likeness (QED) is 0.719. The fourth-order valence-corrected chi connectivity index (χ4v) is 2.17. The number of carbonyl (C=O) groups excluding carboxylic acids is 1. The van der Waals surface area contributed by atoms with Crippen LogP contribution in [0.2, 0.25) is 0 Å². The van der Waals surface area contributed by atoms with Crippen molar-refractivity contribution in [3.05, 3.63) is 54.1 Å². The van der Waals surface area contributed by atoms with Crippen LogP contribution in [-0.4, -0.2) is 33.3 Å². The van der Waals surface area contributed by atoms with Gasteiger partial charge in [0.15, 0.2) is 0 Å². The van der Waals surface area contributed by atoms with E-state index in [1.165, 1.54) is 0 Å². The minimum Gasteiger partial charge on any atom is -0.497 e. The van der Waals surface area contributed by atoms with Crippen molar-refractivity contribution in [2.24, 2.45) is 0 Å². The normalized spacial score (nSPS) is 10.1. The van der Waals surface area contributed by atoms with Crippen LogP contribution < -0.4 is 19.5 Å². The van der Waals surface area contributed by atoms with Crippen LogP contribution >= 0.6 is 0 Å². The molecule has 0 atom stereocenters. The summed E-state index contributed by atoms with van der Waals surface area (Å²) < 4.78 is 15.8. The third kappa shape index (κ3) is 5.83. The maximum absolute atomic E-state index is 11.8. The van der Waals surface area contributed by atoms with Crippen molar-refractivity contribution in [3.63, 3.8) is 0 Å². The van der Waals surface area contributed by atoms with Gasteiger partial charge in [-0.1, -0.05) is 12.1 Å². The van der Waals surface area contributed by atoms with E-state index in [1.54, 1.807) is 14.2 Å². The van der Waals surface area contributed by atoms with Gasteiger partial charge in [-0.25, -0.2) is 0 Å². The predicted molar refractivity (Wildman–Crippen MR) is 92.8 cm³/mol. The van der Waals surface area contributed by atoms with E-state index in [0.29, 0.717) is 26.0 Å². The molecule has 2 aromatic carbocycles. The van der Waals surface area contributed by atoms with Gasteiger partial charge in [-0.05, 0) is 48.4 Å². The molecule has 24 heavy (non-hydrogen) atoms. The zero-order valence-electron chi connectivity index (χ0n) is 14.1. The lowest BCUT2D eigenvalue weighted by Gasteiger charge is -2.08. The Morgan fingerprint density at radius 1 is 0.875 bits per heavy atom. The molecule has 0 aliphatic carbocycles. The Hall–Kier alpha value is -2.69. The van der Waals surface area contributed by atoms with Gasteiger partial charge in [-0.15, -0.1) is 0 Å². The van der Waals surface area contributed by atoms with Crippen LogP contribution in [0.1, 0.15) is 12.0 Å². The van der Waals surface area contributed by atoms with E-state index in [0.717, 1.165) is 22.8 Å². The summed E-state index contributed by atoms with van der Waals surface area (Å²) in [7, 11) is 3.26. The topological polar surface area (TPSA) is 56.8 Å². The molecule has 0 saturated carbocycles. The minimum absolute atomic E-state index is 0.0177. The molecule has 1 N–H and O–H groups in total. The van der Waals surface area contributed by atoms with E-state index < -0.39 is 0 Å². The number of benzene rings is 2. The van der Waals surface area contributed by atoms with Gasteiger partial charge >= 0.3 is 0 Å². The summed E-state index contributed by atoms with van der Waals surface area (Å²) >= 11 is 0. The number of hydrogen-bond acceptors (Lipinski definition) is 4. The molecule has 0 bridgehead atoms. The number of ether oxygens (including phenoxy) is 3. The summed E-state index contributed by atoms with van der Waals surface area (Å²) in [5.41, 5.74) is 1.11. The highest BCUT2D eigenvalue weighted by molar-refractivity contribution is 5.76. The zero-order chi connectivity index (χ0) is 17.2. The molecule has 5 heteroatoms.